The van der Waals surface area contributed by atoms with Crippen molar-refractivity contribution in [2.45, 2.75) is 13.5 Å². The zero-order valence-corrected chi connectivity index (χ0v) is 21.1. The molecule has 3 aromatic rings. The number of amidine groups is 1. The summed E-state index contributed by atoms with van der Waals surface area (Å²) in [7, 11) is 3.26. The number of ether oxygens (including phenoxy) is 3. The van der Waals surface area contributed by atoms with E-state index in [1.165, 1.54) is 16.7 Å². The number of hydrogen-bond donors (Lipinski definition) is 0. The van der Waals surface area contributed by atoms with E-state index in [1.54, 1.807) is 51.4 Å². The molecule has 0 saturated carbocycles. The van der Waals surface area contributed by atoms with E-state index in [0.29, 0.717) is 46.0 Å². The summed E-state index contributed by atoms with van der Waals surface area (Å²) in [6.45, 7) is 2.48. The number of likely N-dealkylation sites (N-methyl/N-ethyl adjacent to an activating group) is 1. The minimum Gasteiger partial charge on any atom is -0.493 e. The Hall–Kier alpha value is -4.04. The Morgan fingerprint density at radius 2 is 1.83 bits per heavy atom. The zero-order valence-electron chi connectivity index (χ0n) is 20.3. The maximum absolute atomic E-state index is 12.9. The normalized spacial score (nSPS) is 15.4. The third-order valence-corrected chi connectivity index (χ3v) is 6.37. The number of carbonyl (C=O) groups is 2. The number of rotatable bonds is 8. The van der Waals surface area contributed by atoms with Crippen molar-refractivity contribution < 1.29 is 23.8 Å². The maximum atomic E-state index is 12.9. The highest BCUT2D eigenvalue weighted by Gasteiger charge is 2.30. The molecule has 0 aliphatic carbocycles. The number of methoxy groups -OCH3 is 1. The summed E-state index contributed by atoms with van der Waals surface area (Å²) in [5.41, 5.74) is 2.83. The number of benzene rings is 3. The Bertz CT molecular complexity index is 1320. The Morgan fingerprint density at radius 3 is 2.58 bits per heavy atom. The van der Waals surface area contributed by atoms with Gasteiger partial charge in [-0.25, -0.2) is 9.79 Å². The van der Waals surface area contributed by atoms with Crippen LogP contribution in [0.15, 0.2) is 82.7 Å². The van der Waals surface area contributed by atoms with Crippen molar-refractivity contribution in [3.8, 4) is 11.5 Å². The molecule has 0 aromatic heterocycles. The Balaban J connectivity index is 1.52. The minimum absolute atomic E-state index is 0.163. The fourth-order valence-corrected chi connectivity index (χ4v) is 4.45. The molecular formula is C28H26N2O5S. The second-order valence-electron chi connectivity index (χ2n) is 7.82. The van der Waals surface area contributed by atoms with Crippen LogP contribution in [0.5, 0.6) is 11.5 Å². The van der Waals surface area contributed by atoms with Crippen LogP contribution >= 0.6 is 11.8 Å². The number of carbonyl (C=O) groups excluding carboxylic acids is 2. The molecule has 1 heterocycles. The van der Waals surface area contributed by atoms with Crippen LogP contribution in [0.1, 0.15) is 28.4 Å². The maximum Gasteiger partial charge on any atom is 0.338 e. The van der Waals surface area contributed by atoms with Crippen LogP contribution in [-0.4, -0.2) is 42.7 Å². The van der Waals surface area contributed by atoms with E-state index >= 15 is 0 Å². The third-order valence-electron chi connectivity index (χ3n) is 5.31. The summed E-state index contributed by atoms with van der Waals surface area (Å²) in [6.07, 6.45) is 1.80. The van der Waals surface area contributed by atoms with Gasteiger partial charge in [0.1, 0.15) is 6.61 Å². The largest absolute Gasteiger partial charge is 0.493 e. The first-order valence-corrected chi connectivity index (χ1v) is 12.2. The van der Waals surface area contributed by atoms with Crippen molar-refractivity contribution in [3.05, 3.63) is 94.4 Å². The monoisotopic (exact) mass is 502 g/mol. The molecule has 8 heteroatoms. The van der Waals surface area contributed by atoms with Crippen molar-refractivity contribution in [2.75, 3.05) is 20.8 Å². The van der Waals surface area contributed by atoms with Crippen LogP contribution in [0.2, 0.25) is 0 Å². The van der Waals surface area contributed by atoms with Crippen LogP contribution in [0.4, 0.5) is 5.69 Å². The van der Waals surface area contributed by atoms with Crippen molar-refractivity contribution in [3.63, 3.8) is 0 Å². The Labute approximate surface area is 214 Å². The summed E-state index contributed by atoms with van der Waals surface area (Å²) < 4.78 is 16.5. The highest BCUT2D eigenvalue weighted by atomic mass is 32.2. The summed E-state index contributed by atoms with van der Waals surface area (Å²) >= 11 is 1.27. The lowest BCUT2D eigenvalue weighted by atomic mass is 10.2. The molecule has 0 N–H and O–H groups in total. The molecule has 1 aliphatic rings. The van der Waals surface area contributed by atoms with Crippen LogP contribution in [0.25, 0.3) is 6.08 Å². The van der Waals surface area contributed by atoms with Gasteiger partial charge in [-0.1, -0.05) is 42.5 Å². The minimum atomic E-state index is -0.409. The predicted octanol–water partition coefficient (Wildman–Crippen LogP) is 5.68. The molecule has 0 atom stereocenters. The van der Waals surface area contributed by atoms with Crippen LogP contribution in [0.3, 0.4) is 0 Å². The van der Waals surface area contributed by atoms with E-state index in [-0.39, 0.29) is 5.91 Å². The van der Waals surface area contributed by atoms with Gasteiger partial charge in [-0.3, -0.25) is 9.69 Å². The molecule has 1 amide bonds. The lowest BCUT2D eigenvalue weighted by molar-refractivity contribution is -0.121. The average molecular weight is 503 g/mol. The molecule has 4 rings (SSSR count). The van der Waals surface area contributed by atoms with Crippen LogP contribution in [-0.2, 0) is 16.1 Å². The molecule has 0 spiro atoms. The highest BCUT2D eigenvalue weighted by Crippen LogP contribution is 2.35. The van der Waals surface area contributed by atoms with Gasteiger partial charge in [-0.2, -0.15) is 0 Å². The van der Waals surface area contributed by atoms with E-state index in [4.69, 9.17) is 14.2 Å². The molecule has 0 unspecified atom stereocenters. The molecule has 36 heavy (non-hydrogen) atoms. The van der Waals surface area contributed by atoms with E-state index in [9.17, 15) is 9.59 Å². The summed E-state index contributed by atoms with van der Waals surface area (Å²) in [5, 5.41) is 0.516. The second kappa shape index (κ2) is 11.6. The zero-order chi connectivity index (χ0) is 25.5. The van der Waals surface area contributed by atoms with Gasteiger partial charge in [0.25, 0.3) is 5.91 Å². The second-order valence-corrected chi connectivity index (χ2v) is 8.83. The quantitative estimate of drug-likeness (QED) is 0.291. The van der Waals surface area contributed by atoms with Crippen molar-refractivity contribution in [2.24, 2.45) is 4.99 Å². The van der Waals surface area contributed by atoms with E-state index in [1.807, 2.05) is 48.5 Å². The predicted molar refractivity (Wildman–Crippen MR) is 142 cm³/mol. The molecule has 7 nitrogen and oxygen atoms in total. The van der Waals surface area contributed by atoms with E-state index in [2.05, 4.69) is 4.99 Å². The number of esters is 1. The van der Waals surface area contributed by atoms with Gasteiger partial charge in [0.2, 0.25) is 0 Å². The molecule has 1 saturated heterocycles. The van der Waals surface area contributed by atoms with Gasteiger partial charge in [0.15, 0.2) is 16.7 Å². The standard InChI is InChI=1S/C28H26N2O5S/c1-4-34-27(32)21-11-8-12-22(17-21)29-28-30(2)26(31)25(36-28)16-20-13-14-23(24(15-20)33-3)35-18-19-9-6-5-7-10-19/h5-17H,4,18H2,1-3H3. The summed E-state index contributed by atoms with van der Waals surface area (Å²) in [5.74, 6) is 0.626. The SMILES string of the molecule is CCOC(=O)c1cccc(N=C2SC(=Cc3ccc(OCc4ccccc4)c(OC)c3)C(=O)N2C)c1. The van der Waals surface area contributed by atoms with E-state index < -0.39 is 5.97 Å². The molecule has 1 aliphatic heterocycles. The van der Waals surface area contributed by atoms with Gasteiger partial charge in [0.05, 0.1) is 29.9 Å². The van der Waals surface area contributed by atoms with Crippen molar-refractivity contribution in [1.82, 2.24) is 4.90 Å². The molecule has 184 valence electrons. The summed E-state index contributed by atoms with van der Waals surface area (Å²) in [4.78, 5) is 31.5. The highest BCUT2D eigenvalue weighted by molar-refractivity contribution is 8.18. The fourth-order valence-electron chi connectivity index (χ4n) is 3.46. The van der Waals surface area contributed by atoms with Gasteiger partial charge in [-0.15, -0.1) is 0 Å². The van der Waals surface area contributed by atoms with Gasteiger partial charge >= 0.3 is 5.97 Å². The smallest absolute Gasteiger partial charge is 0.338 e. The topological polar surface area (TPSA) is 77.4 Å². The Morgan fingerprint density at radius 1 is 1.03 bits per heavy atom. The molecule has 1 fully saturated rings. The van der Waals surface area contributed by atoms with Gasteiger partial charge in [-0.05, 0) is 66.2 Å². The third kappa shape index (κ3) is 5.95. The molecule has 0 bridgehead atoms. The van der Waals surface area contributed by atoms with Crippen LogP contribution < -0.4 is 9.47 Å². The summed E-state index contributed by atoms with van der Waals surface area (Å²) in [6, 6.07) is 22.2. The molecule has 0 radical (unpaired) electrons. The number of thioether (sulfide) groups is 1. The Kier molecular flexibility index (Phi) is 8.07. The first kappa shape index (κ1) is 25.1. The van der Waals surface area contributed by atoms with E-state index in [0.717, 1.165) is 11.1 Å². The van der Waals surface area contributed by atoms with Crippen molar-refractivity contribution >= 4 is 40.6 Å². The molecular weight excluding hydrogens is 476 g/mol. The average Bonchev–Trinajstić information content (AvgIpc) is 3.16. The number of hydrogen-bond acceptors (Lipinski definition) is 7. The fraction of sp³-hybridized carbons (Fsp3) is 0.179. The van der Waals surface area contributed by atoms with Gasteiger partial charge < -0.3 is 14.2 Å². The first-order chi connectivity index (χ1) is 17.5. The first-order valence-electron chi connectivity index (χ1n) is 11.4. The number of aliphatic imine (C=N–C) groups is 1. The number of nitrogens with zero attached hydrogens (tertiary/aromatic N) is 2. The lowest BCUT2D eigenvalue weighted by Gasteiger charge is -2.11. The van der Waals surface area contributed by atoms with Crippen LogP contribution in [0, 0.1) is 0 Å². The van der Waals surface area contributed by atoms with Crippen molar-refractivity contribution in [1.29, 1.82) is 0 Å². The molecule has 3 aromatic carbocycles. The lowest BCUT2D eigenvalue weighted by Crippen LogP contribution is -2.23. The van der Waals surface area contributed by atoms with Gasteiger partial charge in [0, 0.05) is 7.05 Å². The number of amides is 1.